The van der Waals surface area contributed by atoms with E-state index in [0.29, 0.717) is 15.9 Å². The Morgan fingerprint density at radius 1 is 0.767 bits per heavy atom. The molecule has 0 saturated heterocycles. The fraction of sp³-hybridized carbons (Fsp3) is 0.304. The van der Waals surface area contributed by atoms with Crippen LogP contribution in [0, 0.1) is 0 Å². The van der Waals surface area contributed by atoms with Crippen LogP contribution in [0.3, 0.4) is 0 Å². The number of likely N-dealkylation sites (N-methyl/N-ethyl adjacent to an activating group) is 2. The molecule has 3 rings (SSSR count). The average Bonchev–Trinajstić information content (AvgIpc) is 2.68. The van der Waals surface area contributed by atoms with Crippen LogP contribution in [-0.2, 0) is 0 Å². The summed E-state index contributed by atoms with van der Waals surface area (Å²) in [5.41, 5.74) is 3.35. The number of nitrogens with zero attached hydrogens (tertiary/aromatic N) is 4. The van der Waals surface area contributed by atoms with Crippen molar-refractivity contribution >= 4 is 23.2 Å². The molecule has 0 saturated carbocycles. The Balaban J connectivity index is 2.01. The quantitative estimate of drug-likeness (QED) is 0.489. The number of benzene rings is 2. The molecule has 158 valence electrons. The summed E-state index contributed by atoms with van der Waals surface area (Å²) < 4.78 is 6.23. The second-order valence-electron chi connectivity index (χ2n) is 7.68. The fourth-order valence-electron chi connectivity index (χ4n) is 3.18. The normalized spacial score (nSPS) is 11.5. The SMILES string of the molecule is CN(C)CC(CN(C)C)Oc1cnc(-c2ccc(Cl)cc2)c(-c2ccc(Cl)cc2)n1. The third-order valence-corrected chi connectivity index (χ3v) is 4.91. The molecule has 0 bridgehead atoms. The van der Waals surface area contributed by atoms with Gasteiger partial charge in [0.15, 0.2) is 0 Å². The summed E-state index contributed by atoms with van der Waals surface area (Å²) in [5, 5.41) is 1.35. The minimum atomic E-state index is -0.0382. The molecule has 0 unspecified atom stereocenters. The lowest BCUT2D eigenvalue weighted by Crippen LogP contribution is -2.39. The first-order chi connectivity index (χ1) is 14.3. The largest absolute Gasteiger partial charge is 0.471 e. The molecule has 5 nitrogen and oxygen atoms in total. The predicted octanol–water partition coefficient (Wildman–Crippen LogP) is 4.99. The van der Waals surface area contributed by atoms with E-state index in [4.69, 9.17) is 37.9 Å². The van der Waals surface area contributed by atoms with Gasteiger partial charge in [0, 0.05) is 34.3 Å². The van der Waals surface area contributed by atoms with Gasteiger partial charge in [0.25, 0.3) is 0 Å². The highest BCUT2D eigenvalue weighted by atomic mass is 35.5. The van der Waals surface area contributed by atoms with Crippen LogP contribution >= 0.6 is 23.2 Å². The van der Waals surface area contributed by atoms with Gasteiger partial charge in [-0.2, -0.15) is 0 Å². The van der Waals surface area contributed by atoms with Crippen LogP contribution in [-0.4, -0.2) is 67.2 Å². The smallest absolute Gasteiger partial charge is 0.233 e. The average molecular weight is 445 g/mol. The van der Waals surface area contributed by atoms with E-state index in [-0.39, 0.29) is 6.10 Å². The molecule has 0 spiro atoms. The van der Waals surface area contributed by atoms with Crippen molar-refractivity contribution in [1.29, 1.82) is 0 Å². The van der Waals surface area contributed by atoms with Gasteiger partial charge in [-0.1, -0.05) is 47.5 Å². The van der Waals surface area contributed by atoms with Crippen molar-refractivity contribution in [3.05, 3.63) is 64.8 Å². The van der Waals surface area contributed by atoms with Crippen LogP contribution in [0.4, 0.5) is 0 Å². The predicted molar refractivity (Wildman–Crippen MR) is 124 cm³/mol. The molecule has 0 aliphatic heterocycles. The highest BCUT2D eigenvalue weighted by molar-refractivity contribution is 6.31. The van der Waals surface area contributed by atoms with Gasteiger partial charge < -0.3 is 14.5 Å². The molecule has 0 amide bonds. The summed E-state index contributed by atoms with van der Waals surface area (Å²) in [6.07, 6.45) is 1.64. The van der Waals surface area contributed by atoms with Gasteiger partial charge in [0.1, 0.15) is 11.8 Å². The van der Waals surface area contributed by atoms with Crippen LogP contribution in [0.25, 0.3) is 22.5 Å². The molecule has 0 fully saturated rings. The molecule has 2 aromatic carbocycles. The lowest BCUT2D eigenvalue weighted by Gasteiger charge is -2.25. The fourth-order valence-corrected chi connectivity index (χ4v) is 3.43. The standard InChI is InChI=1S/C23H26Cl2N4O/c1-28(2)14-20(15-29(3)4)30-21-13-26-22(16-5-9-18(24)10-6-16)23(27-21)17-7-11-19(25)12-8-17/h5-13,20H,14-15H2,1-4H3. The van der Waals surface area contributed by atoms with Gasteiger partial charge >= 0.3 is 0 Å². The summed E-state index contributed by atoms with van der Waals surface area (Å²) in [6, 6.07) is 15.1. The minimum Gasteiger partial charge on any atom is -0.471 e. The summed E-state index contributed by atoms with van der Waals surface area (Å²) >= 11 is 12.1. The van der Waals surface area contributed by atoms with Crippen LogP contribution in [0.1, 0.15) is 0 Å². The summed E-state index contributed by atoms with van der Waals surface area (Å²) in [6.45, 7) is 1.55. The maximum Gasteiger partial charge on any atom is 0.233 e. The first kappa shape index (κ1) is 22.5. The molecule has 0 radical (unpaired) electrons. The lowest BCUT2D eigenvalue weighted by molar-refractivity contribution is 0.123. The third-order valence-electron chi connectivity index (χ3n) is 4.41. The number of rotatable bonds is 8. The van der Waals surface area contributed by atoms with Gasteiger partial charge in [0.2, 0.25) is 5.88 Å². The van der Waals surface area contributed by atoms with Gasteiger partial charge in [0.05, 0.1) is 11.9 Å². The number of hydrogen-bond acceptors (Lipinski definition) is 5. The van der Waals surface area contributed by atoms with Gasteiger partial charge in [-0.15, -0.1) is 0 Å². The maximum atomic E-state index is 6.23. The van der Waals surface area contributed by atoms with Crippen molar-refractivity contribution in [1.82, 2.24) is 19.8 Å². The van der Waals surface area contributed by atoms with Crippen molar-refractivity contribution < 1.29 is 4.74 Å². The first-order valence-corrected chi connectivity index (χ1v) is 10.4. The molecule has 7 heteroatoms. The summed E-state index contributed by atoms with van der Waals surface area (Å²) in [7, 11) is 8.11. The Labute approximate surface area is 188 Å². The Morgan fingerprint density at radius 3 is 1.70 bits per heavy atom. The zero-order chi connectivity index (χ0) is 21.7. The zero-order valence-electron chi connectivity index (χ0n) is 17.6. The number of halogens is 2. The van der Waals surface area contributed by atoms with E-state index >= 15 is 0 Å². The van der Waals surface area contributed by atoms with Gasteiger partial charge in [-0.25, -0.2) is 9.97 Å². The molecule has 0 N–H and O–H groups in total. The second-order valence-corrected chi connectivity index (χ2v) is 8.56. The van der Waals surface area contributed by atoms with Crippen LogP contribution < -0.4 is 4.74 Å². The van der Waals surface area contributed by atoms with Crippen LogP contribution in [0.15, 0.2) is 54.7 Å². The highest BCUT2D eigenvalue weighted by Crippen LogP contribution is 2.32. The number of ether oxygens (including phenoxy) is 1. The van der Waals surface area contributed by atoms with Crippen LogP contribution in [0.5, 0.6) is 5.88 Å². The van der Waals surface area contributed by atoms with E-state index in [0.717, 1.165) is 35.6 Å². The second kappa shape index (κ2) is 10.2. The highest BCUT2D eigenvalue weighted by Gasteiger charge is 2.17. The molecule has 1 heterocycles. The van der Waals surface area contributed by atoms with Crippen molar-refractivity contribution in [3.63, 3.8) is 0 Å². The third kappa shape index (κ3) is 6.16. The maximum absolute atomic E-state index is 6.23. The Morgan fingerprint density at radius 2 is 1.23 bits per heavy atom. The number of aromatic nitrogens is 2. The molecule has 0 aliphatic carbocycles. The molecule has 30 heavy (non-hydrogen) atoms. The Hall–Kier alpha value is -2.18. The molecule has 0 atom stereocenters. The van der Waals surface area contributed by atoms with E-state index in [1.54, 1.807) is 6.20 Å². The van der Waals surface area contributed by atoms with E-state index in [1.165, 1.54) is 0 Å². The first-order valence-electron chi connectivity index (χ1n) is 9.67. The van der Waals surface area contributed by atoms with E-state index in [2.05, 4.69) is 9.80 Å². The lowest BCUT2D eigenvalue weighted by atomic mass is 10.0. The van der Waals surface area contributed by atoms with Crippen molar-refractivity contribution in [2.45, 2.75) is 6.10 Å². The monoisotopic (exact) mass is 444 g/mol. The van der Waals surface area contributed by atoms with E-state index in [9.17, 15) is 0 Å². The van der Waals surface area contributed by atoms with Crippen molar-refractivity contribution in [3.8, 4) is 28.4 Å². The molecule has 1 aromatic heterocycles. The van der Waals surface area contributed by atoms with Crippen molar-refractivity contribution in [2.24, 2.45) is 0 Å². The molecule has 3 aromatic rings. The molecule has 0 aliphatic rings. The van der Waals surface area contributed by atoms with E-state index < -0.39 is 0 Å². The molecular formula is C23H26Cl2N4O. The van der Waals surface area contributed by atoms with Gasteiger partial charge in [-0.3, -0.25) is 0 Å². The Bertz CT molecular complexity index is 950. The van der Waals surface area contributed by atoms with E-state index in [1.807, 2.05) is 76.7 Å². The minimum absolute atomic E-state index is 0.0382. The van der Waals surface area contributed by atoms with Crippen LogP contribution in [0.2, 0.25) is 10.0 Å². The Kier molecular flexibility index (Phi) is 7.67. The summed E-state index contributed by atoms with van der Waals surface area (Å²) in [4.78, 5) is 13.7. The topological polar surface area (TPSA) is 41.5 Å². The summed E-state index contributed by atoms with van der Waals surface area (Å²) in [5.74, 6) is 0.492. The molecular weight excluding hydrogens is 419 g/mol. The zero-order valence-corrected chi connectivity index (χ0v) is 19.2. The van der Waals surface area contributed by atoms with Crippen molar-refractivity contribution in [2.75, 3.05) is 41.3 Å². The van der Waals surface area contributed by atoms with Gasteiger partial charge in [-0.05, 0) is 52.5 Å². The number of hydrogen-bond donors (Lipinski definition) is 0.